The smallest absolute Gasteiger partial charge is 0.126 e. The number of aliphatic imine (C=N–C) groups is 2. The van der Waals surface area contributed by atoms with Crippen molar-refractivity contribution in [2.24, 2.45) is 9.98 Å². The molecule has 1 aliphatic heterocycles. The van der Waals surface area contributed by atoms with E-state index in [2.05, 4.69) is 34.6 Å². The number of amidine groups is 1. The van der Waals surface area contributed by atoms with Crippen LogP contribution in [0, 0.1) is 0 Å². The first-order chi connectivity index (χ1) is 6.27. The lowest BCUT2D eigenvalue weighted by molar-refractivity contribution is 0.235. The normalized spacial score (nSPS) is 18.5. The molecule has 1 fully saturated rings. The maximum Gasteiger partial charge on any atom is 0.126 e. The van der Waals surface area contributed by atoms with Crippen molar-refractivity contribution in [3.63, 3.8) is 0 Å². The van der Waals surface area contributed by atoms with E-state index in [0.717, 1.165) is 31.2 Å². The van der Waals surface area contributed by atoms with Gasteiger partial charge in [0.25, 0.3) is 0 Å². The van der Waals surface area contributed by atoms with E-state index in [4.69, 9.17) is 0 Å². The molecule has 1 saturated heterocycles. The molecule has 0 spiro atoms. The van der Waals surface area contributed by atoms with Gasteiger partial charge in [-0.1, -0.05) is 6.92 Å². The van der Waals surface area contributed by atoms with Gasteiger partial charge in [-0.25, -0.2) is 9.98 Å². The molecular formula is C10H17N3. The molecule has 1 rings (SSSR count). The number of hydrogen-bond donors (Lipinski definition) is 0. The van der Waals surface area contributed by atoms with E-state index in [1.54, 1.807) is 0 Å². The summed E-state index contributed by atoms with van der Waals surface area (Å²) in [5.41, 5.74) is 0. The zero-order valence-electron chi connectivity index (χ0n) is 8.45. The fraction of sp³-hybridized carbons (Fsp3) is 0.600. The summed E-state index contributed by atoms with van der Waals surface area (Å²) in [7, 11) is 0. The first kappa shape index (κ1) is 9.96. The molecule has 72 valence electrons. The van der Waals surface area contributed by atoms with Gasteiger partial charge in [0, 0.05) is 13.1 Å². The van der Waals surface area contributed by atoms with E-state index in [9.17, 15) is 0 Å². The van der Waals surface area contributed by atoms with Crippen molar-refractivity contribution in [1.29, 1.82) is 0 Å². The topological polar surface area (TPSA) is 28.0 Å². The Morgan fingerprint density at radius 1 is 1.54 bits per heavy atom. The SMILES string of the molecule is C=N/C(C)=N\C(=C/CC)N1CCC1. The Labute approximate surface area is 79.9 Å². The van der Waals surface area contributed by atoms with Crippen LogP contribution in [0.1, 0.15) is 26.7 Å². The summed E-state index contributed by atoms with van der Waals surface area (Å²) in [6, 6.07) is 0. The Morgan fingerprint density at radius 2 is 2.23 bits per heavy atom. The Kier molecular flexibility index (Phi) is 3.68. The molecule has 0 atom stereocenters. The van der Waals surface area contributed by atoms with Crippen LogP contribution in [-0.2, 0) is 0 Å². The summed E-state index contributed by atoms with van der Waals surface area (Å²) in [5.74, 6) is 1.80. The van der Waals surface area contributed by atoms with Crippen molar-refractivity contribution in [2.75, 3.05) is 13.1 Å². The van der Waals surface area contributed by atoms with Gasteiger partial charge in [0.15, 0.2) is 0 Å². The van der Waals surface area contributed by atoms with E-state index < -0.39 is 0 Å². The average Bonchev–Trinajstić information content (AvgIpc) is 2.01. The fourth-order valence-corrected chi connectivity index (χ4v) is 1.17. The molecule has 0 aromatic carbocycles. The molecule has 0 amide bonds. The van der Waals surface area contributed by atoms with Gasteiger partial charge in [0.2, 0.25) is 0 Å². The summed E-state index contributed by atoms with van der Waals surface area (Å²) in [5, 5.41) is 0. The van der Waals surface area contributed by atoms with Gasteiger partial charge in [-0.2, -0.15) is 0 Å². The van der Waals surface area contributed by atoms with Crippen LogP contribution in [0.3, 0.4) is 0 Å². The standard InChI is InChI=1S/C10H17N3/c1-4-6-10(12-9(2)11-3)13-7-5-8-13/h6H,3-5,7-8H2,1-2H3/b10-6+,12-9-. The Balaban J connectivity index is 2.67. The average molecular weight is 179 g/mol. The lowest BCUT2D eigenvalue weighted by Crippen LogP contribution is -2.35. The van der Waals surface area contributed by atoms with Gasteiger partial charge in [-0.15, -0.1) is 0 Å². The largest absolute Gasteiger partial charge is 0.357 e. The maximum absolute atomic E-state index is 4.38. The number of hydrogen-bond acceptors (Lipinski definition) is 2. The van der Waals surface area contributed by atoms with Crippen LogP contribution in [0.15, 0.2) is 21.9 Å². The summed E-state index contributed by atoms with van der Waals surface area (Å²) >= 11 is 0. The minimum atomic E-state index is 0.742. The zero-order valence-corrected chi connectivity index (χ0v) is 8.45. The van der Waals surface area contributed by atoms with Crippen molar-refractivity contribution in [2.45, 2.75) is 26.7 Å². The van der Waals surface area contributed by atoms with E-state index in [0.29, 0.717) is 0 Å². The van der Waals surface area contributed by atoms with E-state index in [1.165, 1.54) is 6.42 Å². The molecule has 13 heavy (non-hydrogen) atoms. The van der Waals surface area contributed by atoms with E-state index in [1.807, 2.05) is 6.92 Å². The predicted molar refractivity (Wildman–Crippen MR) is 57.2 cm³/mol. The molecule has 0 N–H and O–H groups in total. The van der Waals surface area contributed by atoms with Crippen molar-refractivity contribution in [3.05, 3.63) is 11.9 Å². The Morgan fingerprint density at radius 3 is 2.62 bits per heavy atom. The first-order valence-electron chi connectivity index (χ1n) is 4.75. The molecule has 0 aromatic heterocycles. The van der Waals surface area contributed by atoms with Gasteiger partial charge in [0.1, 0.15) is 11.7 Å². The second kappa shape index (κ2) is 4.80. The van der Waals surface area contributed by atoms with Gasteiger partial charge >= 0.3 is 0 Å². The molecule has 1 aliphatic rings. The molecule has 0 saturated carbocycles. The van der Waals surface area contributed by atoms with Crippen molar-refractivity contribution in [1.82, 2.24) is 4.90 Å². The summed E-state index contributed by atoms with van der Waals surface area (Å²) in [6.45, 7) is 9.69. The second-order valence-electron chi connectivity index (χ2n) is 3.13. The van der Waals surface area contributed by atoms with Crippen LogP contribution in [-0.4, -0.2) is 30.5 Å². The lowest BCUT2D eigenvalue weighted by Gasteiger charge is -2.33. The molecular weight excluding hydrogens is 162 g/mol. The third-order valence-electron chi connectivity index (χ3n) is 2.07. The molecule has 0 aromatic rings. The third-order valence-corrected chi connectivity index (χ3v) is 2.07. The van der Waals surface area contributed by atoms with Gasteiger partial charge in [-0.05, 0) is 32.6 Å². The molecule has 0 radical (unpaired) electrons. The highest BCUT2D eigenvalue weighted by Gasteiger charge is 2.15. The first-order valence-corrected chi connectivity index (χ1v) is 4.75. The molecule has 0 bridgehead atoms. The van der Waals surface area contributed by atoms with Crippen LogP contribution < -0.4 is 0 Å². The van der Waals surface area contributed by atoms with Crippen LogP contribution in [0.2, 0.25) is 0 Å². The maximum atomic E-state index is 4.38. The number of nitrogens with zero attached hydrogens (tertiary/aromatic N) is 3. The van der Waals surface area contributed by atoms with Crippen molar-refractivity contribution < 1.29 is 0 Å². The Bertz CT molecular complexity index is 237. The van der Waals surface area contributed by atoms with Gasteiger partial charge in [-0.3, -0.25) is 0 Å². The minimum Gasteiger partial charge on any atom is -0.357 e. The number of allylic oxidation sites excluding steroid dienone is 1. The quantitative estimate of drug-likeness (QED) is 0.481. The zero-order chi connectivity index (χ0) is 9.68. The fourth-order valence-electron chi connectivity index (χ4n) is 1.17. The van der Waals surface area contributed by atoms with Crippen LogP contribution in [0.25, 0.3) is 0 Å². The third kappa shape index (κ3) is 2.68. The minimum absolute atomic E-state index is 0.742. The molecule has 0 aliphatic carbocycles. The molecule has 3 nitrogen and oxygen atoms in total. The second-order valence-corrected chi connectivity index (χ2v) is 3.13. The van der Waals surface area contributed by atoms with Gasteiger partial charge in [0.05, 0.1) is 0 Å². The highest BCUT2D eigenvalue weighted by atomic mass is 15.3. The highest BCUT2D eigenvalue weighted by Crippen LogP contribution is 2.16. The Hall–Kier alpha value is -1.12. The van der Waals surface area contributed by atoms with Crippen LogP contribution in [0.5, 0.6) is 0 Å². The summed E-state index contributed by atoms with van der Waals surface area (Å²) in [4.78, 5) is 10.4. The molecule has 0 unspecified atom stereocenters. The van der Waals surface area contributed by atoms with E-state index in [-0.39, 0.29) is 0 Å². The molecule has 3 heteroatoms. The van der Waals surface area contributed by atoms with E-state index >= 15 is 0 Å². The molecule has 1 heterocycles. The number of likely N-dealkylation sites (tertiary alicyclic amines) is 1. The predicted octanol–water partition coefficient (Wildman–Crippen LogP) is 2.06. The van der Waals surface area contributed by atoms with Crippen LogP contribution >= 0.6 is 0 Å². The van der Waals surface area contributed by atoms with Crippen molar-refractivity contribution in [3.8, 4) is 0 Å². The van der Waals surface area contributed by atoms with Crippen molar-refractivity contribution >= 4 is 12.6 Å². The number of rotatable bonds is 3. The lowest BCUT2D eigenvalue weighted by atomic mass is 10.2. The summed E-state index contributed by atoms with van der Waals surface area (Å²) in [6.07, 6.45) is 4.42. The van der Waals surface area contributed by atoms with Crippen LogP contribution in [0.4, 0.5) is 0 Å². The monoisotopic (exact) mass is 179 g/mol. The van der Waals surface area contributed by atoms with Gasteiger partial charge < -0.3 is 4.90 Å². The highest BCUT2D eigenvalue weighted by molar-refractivity contribution is 5.84. The summed E-state index contributed by atoms with van der Waals surface area (Å²) < 4.78 is 0.